The summed E-state index contributed by atoms with van der Waals surface area (Å²) >= 11 is 1.45. The van der Waals surface area contributed by atoms with Crippen LogP contribution in [-0.4, -0.2) is 24.2 Å². The summed E-state index contributed by atoms with van der Waals surface area (Å²) in [5, 5.41) is 13.7. The van der Waals surface area contributed by atoms with E-state index in [1.807, 2.05) is 31.2 Å². The number of ether oxygens (including phenoxy) is 1. The zero-order valence-electron chi connectivity index (χ0n) is 11.3. The smallest absolute Gasteiger partial charge is 0.336 e. The lowest BCUT2D eigenvalue weighted by molar-refractivity contribution is 0.0697. The quantitative estimate of drug-likeness (QED) is 0.770. The number of aryl methyl sites for hydroxylation is 1. The van der Waals surface area contributed by atoms with E-state index in [0.717, 1.165) is 10.6 Å². The monoisotopic (exact) mass is 291 g/mol. The van der Waals surface area contributed by atoms with Crippen molar-refractivity contribution in [1.29, 1.82) is 0 Å². The van der Waals surface area contributed by atoms with E-state index in [-0.39, 0.29) is 0 Å². The molecule has 2 rings (SSSR count). The fraction of sp³-hybridized carbons (Fsp3) is 0.267. The highest BCUT2D eigenvalue weighted by Crippen LogP contribution is 2.14. The molecule has 1 heterocycles. The van der Waals surface area contributed by atoms with Gasteiger partial charge in [-0.05, 0) is 30.7 Å². The highest BCUT2D eigenvalue weighted by molar-refractivity contribution is 7.10. The molecule has 2 aromatic rings. The fourth-order valence-corrected chi connectivity index (χ4v) is 2.57. The molecule has 0 amide bonds. The van der Waals surface area contributed by atoms with Crippen LogP contribution in [0.2, 0.25) is 0 Å². The Labute approximate surface area is 122 Å². The Morgan fingerprint density at radius 1 is 1.40 bits per heavy atom. The molecule has 2 N–H and O–H groups in total. The molecule has 0 radical (unpaired) electrons. The van der Waals surface area contributed by atoms with Crippen LogP contribution in [0.1, 0.15) is 20.8 Å². The second-order valence-corrected chi connectivity index (χ2v) is 5.44. The van der Waals surface area contributed by atoms with Crippen LogP contribution in [0.4, 0.5) is 0 Å². The number of thiophene rings is 1. The number of carboxylic acids is 1. The van der Waals surface area contributed by atoms with Crippen LogP contribution in [-0.2, 0) is 6.54 Å². The van der Waals surface area contributed by atoms with Gasteiger partial charge in [0.2, 0.25) is 0 Å². The molecule has 0 saturated heterocycles. The average molecular weight is 291 g/mol. The molecule has 0 bridgehead atoms. The second-order valence-electron chi connectivity index (χ2n) is 4.45. The first-order valence-corrected chi connectivity index (χ1v) is 7.24. The summed E-state index contributed by atoms with van der Waals surface area (Å²) < 4.78 is 5.61. The first-order chi connectivity index (χ1) is 9.65. The molecule has 0 fully saturated rings. The van der Waals surface area contributed by atoms with Gasteiger partial charge in [-0.25, -0.2) is 4.79 Å². The Bertz CT molecular complexity index is 580. The van der Waals surface area contributed by atoms with Crippen LogP contribution < -0.4 is 10.1 Å². The SMILES string of the molecule is Cc1cccc(OCCNCc2cc(C(=O)O)cs2)c1. The van der Waals surface area contributed by atoms with E-state index in [1.54, 1.807) is 11.4 Å². The van der Waals surface area contributed by atoms with Crippen LogP contribution in [0, 0.1) is 6.92 Å². The molecular weight excluding hydrogens is 274 g/mol. The third-order valence-corrected chi connectivity index (χ3v) is 3.67. The molecular formula is C15H17NO3S. The summed E-state index contributed by atoms with van der Waals surface area (Å²) in [6.45, 7) is 3.99. The number of hydrogen-bond donors (Lipinski definition) is 2. The third kappa shape index (κ3) is 4.36. The van der Waals surface area contributed by atoms with Crippen molar-refractivity contribution in [1.82, 2.24) is 5.32 Å². The highest BCUT2D eigenvalue weighted by Gasteiger charge is 2.05. The van der Waals surface area contributed by atoms with Crippen molar-refractivity contribution in [2.24, 2.45) is 0 Å². The molecule has 0 aliphatic heterocycles. The largest absolute Gasteiger partial charge is 0.492 e. The Kier molecular flexibility index (Phi) is 5.15. The summed E-state index contributed by atoms with van der Waals surface area (Å²) in [5.41, 5.74) is 1.53. The van der Waals surface area contributed by atoms with Crippen LogP contribution in [0.3, 0.4) is 0 Å². The second kappa shape index (κ2) is 7.07. The Morgan fingerprint density at radius 3 is 2.95 bits per heavy atom. The number of carbonyl (C=O) groups is 1. The topological polar surface area (TPSA) is 58.6 Å². The van der Waals surface area contributed by atoms with Gasteiger partial charge < -0.3 is 15.2 Å². The molecule has 20 heavy (non-hydrogen) atoms. The summed E-state index contributed by atoms with van der Waals surface area (Å²) in [7, 11) is 0. The van der Waals surface area contributed by atoms with Crippen molar-refractivity contribution in [3.63, 3.8) is 0 Å². The molecule has 0 aliphatic rings. The molecule has 4 nitrogen and oxygen atoms in total. The van der Waals surface area contributed by atoms with Gasteiger partial charge in [-0.2, -0.15) is 0 Å². The van der Waals surface area contributed by atoms with E-state index in [2.05, 4.69) is 5.32 Å². The Hall–Kier alpha value is -1.85. The molecule has 106 valence electrons. The summed E-state index contributed by atoms with van der Waals surface area (Å²) in [6.07, 6.45) is 0. The van der Waals surface area contributed by atoms with Gasteiger partial charge in [0.05, 0.1) is 5.56 Å². The molecule has 1 aromatic heterocycles. The van der Waals surface area contributed by atoms with E-state index in [4.69, 9.17) is 9.84 Å². The van der Waals surface area contributed by atoms with E-state index in [1.165, 1.54) is 16.9 Å². The molecule has 5 heteroatoms. The van der Waals surface area contributed by atoms with E-state index >= 15 is 0 Å². The standard InChI is InChI=1S/C15H17NO3S/c1-11-3-2-4-13(7-11)19-6-5-16-9-14-8-12(10-20-14)15(17)18/h2-4,7-8,10,16H,5-6,9H2,1H3,(H,17,18). The zero-order chi connectivity index (χ0) is 14.4. The normalized spacial score (nSPS) is 10.4. The fourth-order valence-electron chi connectivity index (χ4n) is 1.74. The van der Waals surface area contributed by atoms with Gasteiger partial charge in [0.25, 0.3) is 0 Å². The van der Waals surface area contributed by atoms with Crippen LogP contribution in [0.25, 0.3) is 0 Å². The lowest BCUT2D eigenvalue weighted by atomic mass is 10.2. The number of carboxylic acid groups (broad SMARTS) is 1. The highest BCUT2D eigenvalue weighted by atomic mass is 32.1. The zero-order valence-corrected chi connectivity index (χ0v) is 12.1. The maximum Gasteiger partial charge on any atom is 0.336 e. The maximum absolute atomic E-state index is 10.7. The molecule has 0 aliphatic carbocycles. The first kappa shape index (κ1) is 14.6. The Morgan fingerprint density at radius 2 is 2.25 bits per heavy atom. The van der Waals surface area contributed by atoms with Gasteiger partial charge in [-0.3, -0.25) is 0 Å². The van der Waals surface area contributed by atoms with Gasteiger partial charge in [0.1, 0.15) is 12.4 Å². The van der Waals surface area contributed by atoms with Crippen molar-refractivity contribution >= 4 is 17.3 Å². The minimum Gasteiger partial charge on any atom is -0.492 e. The lowest BCUT2D eigenvalue weighted by Gasteiger charge is -2.07. The van der Waals surface area contributed by atoms with Crippen molar-refractivity contribution < 1.29 is 14.6 Å². The van der Waals surface area contributed by atoms with Crippen LogP contribution in [0.5, 0.6) is 5.75 Å². The number of rotatable bonds is 7. The van der Waals surface area contributed by atoms with Crippen molar-refractivity contribution in [3.8, 4) is 5.75 Å². The van der Waals surface area contributed by atoms with Gasteiger partial charge in [-0.15, -0.1) is 11.3 Å². The predicted molar refractivity (Wildman–Crippen MR) is 79.7 cm³/mol. The number of benzene rings is 1. The average Bonchev–Trinajstić information content (AvgIpc) is 2.87. The molecule has 0 unspecified atom stereocenters. The number of aromatic carboxylic acids is 1. The van der Waals surface area contributed by atoms with Gasteiger partial charge in [-0.1, -0.05) is 12.1 Å². The Balaban J connectivity index is 1.67. The first-order valence-electron chi connectivity index (χ1n) is 6.36. The molecule has 0 atom stereocenters. The van der Waals surface area contributed by atoms with E-state index < -0.39 is 5.97 Å². The van der Waals surface area contributed by atoms with Gasteiger partial charge >= 0.3 is 5.97 Å². The van der Waals surface area contributed by atoms with Gasteiger partial charge in [0, 0.05) is 23.3 Å². The maximum atomic E-state index is 10.7. The van der Waals surface area contributed by atoms with Crippen molar-refractivity contribution in [2.75, 3.05) is 13.2 Å². The van der Waals surface area contributed by atoms with Crippen molar-refractivity contribution in [2.45, 2.75) is 13.5 Å². The van der Waals surface area contributed by atoms with Crippen LogP contribution in [0.15, 0.2) is 35.7 Å². The van der Waals surface area contributed by atoms with Gasteiger partial charge in [0.15, 0.2) is 0 Å². The minimum atomic E-state index is -0.879. The number of nitrogens with one attached hydrogen (secondary N) is 1. The molecule has 0 saturated carbocycles. The van der Waals surface area contributed by atoms with Crippen molar-refractivity contribution in [3.05, 3.63) is 51.7 Å². The lowest BCUT2D eigenvalue weighted by Crippen LogP contribution is -2.20. The summed E-state index contributed by atoms with van der Waals surface area (Å²) in [4.78, 5) is 11.8. The molecule has 1 aromatic carbocycles. The van der Waals surface area contributed by atoms with E-state index in [9.17, 15) is 4.79 Å². The van der Waals surface area contributed by atoms with Crippen LogP contribution >= 0.6 is 11.3 Å². The molecule has 0 spiro atoms. The minimum absolute atomic E-state index is 0.350. The third-order valence-electron chi connectivity index (χ3n) is 2.74. The number of hydrogen-bond acceptors (Lipinski definition) is 4. The van der Waals surface area contributed by atoms with E-state index in [0.29, 0.717) is 25.3 Å². The predicted octanol–water partition coefficient (Wildman–Crippen LogP) is 2.92. The summed E-state index contributed by atoms with van der Waals surface area (Å²) in [5.74, 6) is -0.00799. The summed E-state index contributed by atoms with van der Waals surface area (Å²) in [6, 6.07) is 9.63.